The first kappa shape index (κ1) is 23.8. The highest BCUT2D eigenvalue weighted by molar-refractivity contribution is 9.10. The molecule has 6 nitrogen and oxygen atoms in total. The van der Waals surface area contributed by atoms with E-state index >= 15 is 0 Å². The molecule has 0 unspecified atom stereocenters. The zero-order valence-electron chi connectivity index (χ0n) is 18.3. The van der Waals surface area contributed by atoms with E-state index in [0.717, 1.165) is 21.0 Å². The normalized spacial score (nSPS) is 11.2. The summed E-state index contributed by atoms with van der Waals surface area (Å²) in [6.45, 7) is 5.25. The van der Waals surface area contributed by atoms with Gasteiger partial charge in [0.05, 0.1) is 18.5 Å². The maximum Gasteiger partial charge on any atom is 0.268 e. The molecule has 3 aromatic rings. The summed E-state index contributed by atoms with van der Waals surface area (Å²) in [4.78, 5) is 12.9. The molecule has 8 heteroatoms. The monoisotopic (exact) mass is 516 g/mol. The van der Waals surface area contributed by atoms with Gasteiger partial charge in [0.25, 0.3) is 10.0 Å². The van der Waals surface area contributed by atoms with Crippen LogP contribution in [0.15, 0.2) is 70.0 Å². The lowest BCUT2D eigenvalue weighted by Gasteiger charge is -2.26. The Hall–Kier alpha value is -2.84. The Bertz CT molecular complexity index is 1260. The van der Waals surface area contributed by atoms with E-state index in [-0.39, 0.29) is 10.6 Å². The van der Waals surface area contributed by atoms with Crippen molar-refractivity contribution in [3.8, 4) is 5.75 Å². The topological polar surface area (TPSA) is 75.7 Å². The molecule has 1 N–H and O–H groups in total. The van der Waals surface area contributed by atoms with Gasteiger partial charge in [-0.1, -0.05) is 24.3 Å². The summed E-state index contributed by atoms with van der Waals surface area (Å²) in [7, 11) is -2.69. The minimum absolute atomic E-state index is 0.00641. The van der Waals surface area contributed by atoms with Crippen LogP contribution in [0.2, 0.25) is 0 Å². The van der Waals surface area contributed by atoms with E-state index in [1.807, 2.05) is 26.0 Å². The summed E-state index contributed by atoms with van der Waals surface area (Å²) in [6, 6.07) is 17.4. The van der Waals surface area contributed by atoms with Gasteiger partial charge in [0.1, 0.15) is 17.2 Å². The summed E-state index contributed by atoms with van der Waals surface area (Å²) in [5.41, 5.74) is 3.67. The molecule has 32 heavy (non-hydrogen) atoms. The lowest BCUT2D eigenvalue weighted by molar-refractivity contribution is -0.114. The van der Waals surface area contributed by atoms with E-state index in [1.54, 1.807) is 55.5 Å². The van der Waals surface area contributed by atoms with E-state index in [0.29, 0.717) is 15.8 Å². The number of nitrogens with zero attached hydrogens (tertiary/aromatic N) is 1. The number of aryl methyl sites for hydroxylation is 3. The Morgan fingerprint density at radius 2 is 1.72 bits per heavy atom. The maximum atomic E-state index is 13.8. The van der Waals surface area contributed by atoms with Gasteiger partial charge in [-0.05, 0) is 89.8 Å². The van der Waals surface area contributed by atoms with Gasteiger partial charge in [-0.2, -0.15) is 0 Å². The predicted octanol–water partition coefficient (Wildman–Crippen LogP) is 5.22. The molecule has 0 aliphatic heterocycles. The highest BCUT2D eigenvalue weighted by Gasteiger charge is 2.30. The maximum absolute atomic E-state index is 13.8. The zero-order chi connectivity index (χ0) is 23.5. The van der Waals surface area contributed by atoms with E-state index in [2.05, 4.69) is 21.2 Å². The lowest BCUT2D eigenvalue weighted by Crippen LogP contribution is -2.38. The second-order valence-electron chi connectivity index (χ2n) is 7.46. The minimum atomic E-state index is -4.11. The van der Waals surface area contributed by atoms with Crippen molar-refractivity contribution in [2.45, 2.75) is 25.7 Å². The molecular formula is C24H25BrN2O4S. The van der Waals surface area contributed by atoms with Crippen molar-refractivity contribution in [2.24, 2.45) is 0 Å². The molecule has 0 radical (unpaired) electrons. The van der Waals surface area contributed by atoms with Crippen LogP contribution in [0, 0.1) is 20.8 Å². The quantitative estimate of drug-likeness (QED) is 0.467. The fourth-order valence-electron chi connectivity index (χ4n) is 3.18. The van der Waals surface area contributed by atoms with Crippen LogP contribution in [0.25, 0.3) is 0 Å². The number of hydrogen-bond acceptors (Lipinski definition) is 4. The highest BCUT2D eigenvalue weighted by atomic mass is 79.9. The smallest absolute Gasteiger partial charge is 0.268 e. The second kappa shape index (κ2) is 9.75. The van der Waals surface area contributed by atoms with Gasteiger partial charge in [0.15, 0.2) is 0 Å². The molecule has 0 atom stereocenters. The third-order valence-corrected chi connectivity index (χ3v) is 7.59. The van der Waals surface area contributed by atoms with E-state index < -0.39 is 22.5 Å². The summed E-state index contributed by atoms with van der Waals surface area (Å²) in [5.74, 6) is -0.249. The molecule has 3 rings (SSSR count). The minimum Gasteiger partial charge on any atom is -0.495 e. The van der Waals surface area contributed by atoms with Crippen LogP contribution < -0.4 is 14.4 Å². The average molecular weight is 517 g/mol. The van der Waals surface area contributed by atoms with Gasteiger partial charge in [0, 0.05) is 4.47 Å². The number of hydrogen-bond donors (Lipinski definition) is 1. The summed E-state index contributed by atoms with van der Waals surface area (Å²) >= 11 is 3.39. The standard InChI is InChI=1S/C24H25BrN2O4S/c1-16-9-12-22(31-4)23(13-16)32(29,30)27(19-11-10-17(2)18(3)14-19)15-24(28)26-21-8-6-5-7-20(21)25/h5-14H,15H2,1-4H3,(H,26,28). The third kappa shape index (κ3) is 5.14. The first-order valence-electron chi connectivity index (χ1n) is 9.92. The lowest BCUT2D eigenvalue weighted by atomic mass is 10.1. The molecule has 0 aromatic heterocycles. The molecule has 0 saturated carbocycles. The van der Waals surface area contributed by atoms with Crippen LogP contribution in [0.5, 0.6) is 5.75 Å². The van der Waals surface area contributed by atoms with Gasteiger partial charge in [0.2, 0.25) is 5.91 Å². The Morgan fingerprint density at radius 1 is 1.00 bits per heavy atom. The van der Waals surface area contributed by atoms with Crippen molar-refractivity contribution in [1.29, 1.82) is 0 Å². The van der Waals surface area contributed by atoms with Crippen molar-refractivity contribution in [3.05, 3.63) is 81.8 Å². The number of ether oxygens (including phenoxy) is 1. The Kier molecular flexibility index (Phi) is 7.26. The second-order valence-corrected chi connectivity index (χ2v) is 10.1. The van der Waals surface area contributed by atoms with Crippen LogP contribution in [0.3, 0.4) is 0 Å². The molecule has 168 valence electrons. The first-order chi connectivity index (χ1) is 15.1. The summed E-state index contributed by atoms with van der Waals surface area (Å²) in [5, 5.41) is 2.78. The number of anilines is 2. The molecule has 0 aliphatic carbocycles. The van der Waals surface area contributed by atoms with E-state index in [9.17, 15) is 13.2 Å². The molecule has 0 aliphatic rings. The average Bonchev–Trinajstić information content (AvgIpc) is 2.75. The molecule has 0 saturated heterocycles. The fourth-order valence-corrected chi connectivity index (χ4v) is 5.22. The van der Waals surface area contributed by atoms with E-state index in [1.165, 1.54) is 7.11 Å². The number of sulfonamides is 1. The number of carbonyl (C=O) groups excluding carboxylic acids is 1. The zero-order valence-corrected chi connectivity index (χ0v) is 20.7. The van der Waals surface area contributed by atoms with Crippen LogP contribution >= 0.6 is 15.9 Å². The third-order valence-electron chi connectivity index (χ3n) is 5.10. The van der Waals surface area contributed by atoms with Crippen molar-refractivity contribution in [2.75, 3.05) is 23.3 Å². The first-order valence-corrected chi connectivity index (χ1v) is 12.2. The van der Waals surface area contributed by atoms with Gasteiger partial charge in [-0.15, -0.1) is 0 Å². The molecule has 0 fully saturated rings. The van der Waals surface area contributed by atoms with Crippen molar-refractivity contribution >= 4 is 43.2 Å². The number of para-hydroxylation sites is 1. The molecular weight excluding hydrogens is 492 g/mol. The Labute approximate surface area is 197 Å². The molecule has 0 spiro atoms. The Balaban J connectivity index is 2.06. The van der Waals surface area contributed by atoms with Crippen LogP contribution in [-0.2, 0) is 14.8 Å². The van der Waals surface area contributed by atoms with Crippen molar-refractivity contribution in [3.63, 3.8) is 0 Å². The summed E-state index contributed by atoms with van der Waals surface area (Å²) in [6.07, 6.45) is 0. The molecule has 1 amide bonds. The number of methoxy groups -OCH3 is 1. The Morgan fingerprint density at radius 3 is 2.38 bits per heavy atom. The van der Waals surface area contributed by atoms with Gasteiger partial charge < -0.3 is 10.1 Å². The van der Waals surface area contributed by atoms with Gasteiger partial charge in [-0.3, -0.25) is 9.10 Å². The molecule has 0 bridgehead atoms. The predicted molar refractivity (Wildman–Crippen MR) is 131 cm³/mol. The molecule has 3 aromatic carbocycles. The van der Waals surface area contributed by atoms with Gasteiger partial charge in [-0.25, -0.2) is 8.42 Å². The number of halogens is 1. The van der Waals surface area contributed by atoms with Crippen molar-refractivity contribution < 1.29 is 17.9 Å². The van der Waals surface area contributed by atoms with Crippen LogP contribution in [0.1, 0.15) is 16.7 Å². The van der Waals surface area contributed by atoms with E-state index in [4.69, 9.17) is 4.74 Å². The number of carbonyl (C=O) groups is 1. The van der Waals surface area contributed by atoms with Crippen LogP contribution in [-0.4, -0.2) is 28.0 Å². The van der Waals surface area contributed by atoms with Crippen molar-refractivity contribution in [1.82, 2.24) is 0 Å². The number of rotatable bonds is 7. The largest absolute Gasteiger partial charge is 0.495 e. The number of amides is 1. The molecule has 0 heterocycles. The summed E-state index contributed by atoms with van der Waals surface area (Å²) < 4.78 is 34.7. The number of nitrogens with one attached hydrogen (secondary N) is 1. The van der Waals surface area contributed by atoms with Gasteiger partial charge >= 0.3 is 0 Å². The number of benzene rings is 3. The fraction of sp³-hybridized carbons (Fsp3) is 0.208. The van der Waals surface area contributed by atoms with Crippen LogP contribution in [0.4, 0.5) is 11.4 Å². The highest BCUT2D eigenvalue weighted by Crippen LogP contribution is 2.32. The SMILES string of the molecule is COc1ccc(C)cc1S(=O)(=O)N(CC(=O)Nc1ccccc1Br)c1ccc(C)c(C)c1.